The number of allylic oxidation sites excluding steroid dienone is 3. The SMILES string of the molecule is C/C=C\C=C(\CS(=O)(=O)c1cccc(C(F)(F)P)c1)N=CC(=O)NCCCCC.CC. The Labute approximate surface area is 187 Å². The number of amides is 1. The molecular weight excluding hydrogens is 441 g/mol. The molecule has 31 heavy (non-hydrogen) atoms. The van der Waals surface area contributed by atoms with E-state index in [9.17, 15) is 22.0 Å². The Bertz CT molecular complexity index is 877. The minimum atomic E-state index is -3.94. The molecule has 0 aliphatic carbocycles. The fourth-order valence-electron chi connectivity index (χ4n) is 2.28. The maximum atomic E-state index is 13.5. The van der Waals surface area contributed by atoms with Crippen LogP contribution >= 0.6 is 9.24 Å². The lowest BCUT2D eigenvalue weighted by Crippen LogP contribution is -2.25. The number of hydrogen-bond donors (Lipinski definition) is 1. The molecule has 1 N–H and O–H groups in total. The molecular formula is C22H33F2N2O3PS. The summed E-state index contributed by atoms with van der Waals surface area (Å²) in [6.07, 6.45) is 8.65. The molecule has 1 aromatic rings. The fraction of sp³-hybridized carbons (Fsp3) is 0.455. The second-order valence-corrected chi connectivity index (χ2v) is 9.06. The van der Waals surface area contributed by atoms with Crippen molar-refractivity contribution < 1.29 is 22.0 Å². The summed E-state index contributed by atoms with van der Waals surface area (Å²) in [5, 5.41) is 2.68. The van der Waals surface area contributed by atoms with Gasteiger partial charge in [-0.05, 0) is 31.6 Å². The van der Waals surface area contributed by atoms with E-state index in [0.717, 1.165) is 37.6 Å². The lowest BCUT2D eigenvalue weighted by molar-refractivity contribution is -0.114. The van der Waals surface area contributed by atoms with Crippen molar-refractivity contribution in [1.82, 2.24) is 5.32 Å². The van der Waals surface area contributed by atoms with Crippen LogP contribution in [0, 0.1) is 0 Å². The first-order valence-corrected chi connectivity index (χ1v) is 12.5. The van der Waals surface area contributed by atoms with E-state index < -0.39 is 32.7 Å². The van der Waals surface area contributed by atoms with Gasteiger partial charge in [0.1, 0.15) is 0 Å². The second-order valence-electron chi connectivity index (χ2n) is 6.35. The molecule has 0 bridgehead atoms. The molecule has 0 radical (unpaired) electrons. The van der Waals surface area contributed by atoms with Crippen molar-refractivity contribution in [1.29, 1.82) is 0 Å². The summed E-state index contributed by atoms with van der Waals surface area (Å²) in [7, 11) is -2.55. The van der Waals surface area contributed by atoms with Gasteiger partial charge in [0.2, 0.25) is 0 Å². The Kier molecular flexibility index (Phi) is 14.0. The third-order valence-corrected chi connectivity index (χ3v) is 5.81. The molecule has 0 aliphatic rings. The number of alkyl halides is 2. The highest BCUT2D eigenvalue weighted by molar-refractivity contribution is 7.91. The molecule has 1 amide bonds. The van der Waals surface area contributed by atoms with Gasteiger partial charge < -0.3 is 5.32 Å². The summed E-state index contributed by atoms with van der Waals surface area (Å²) in [4.78, 5) is 15.6. The molecule has 9 heteroatoms. The van der Waals surface area contributed by atoms with Crippen molar-refractivity contribution in [3.8, 4) is 0 Å². The molecule has 0 saturated carbocycles. The molecule has 0 aromatic heterocycles. The van der Waals surface area contributed by atoms with Gasteiger partial charge in [-0.15, -0.1) is 0 Å². The van der Waals surface area contributed by atoms with E-state index in [1.54, 1.807) is 19.1 Å². The molecule has 1 rings (SSSR count). The maximum absolute atomic E-state index is 13.5. The van der Waals surface area contributed by atoms with Gasteiger partial charge in [0.25, 0.3) is 11.6 Å². The standard InChI is InChI=1S/C20H27F2N2O3PS.C2H6/c1-3-5-7-12-23-19(25)14-24-17(10-6-4-2)15-29(26,27)18-11-8-9-16(13-18)20(21,22)28;1-2/h4,6,8-11,13-14H,3,5,7,12,15,28H2,1-2H3,(H,23,25);1-2H3/b6-4-,17-10-,24-14?;. The number of rotatable bonds is 11. The topological polar surface area (TPSA) is 75.6 Å². The van der Waals surface area contributed by atoms with Crippen molar-refractivity contribution in [3.63, 3.8) is 0 Å². The van der Waals surface area contributed by atoms with Gasteiger partial charge >= 0.3 is 0 Å². The molecule has 0 saturated heterocycles. The first-order valence-electron chi connectivity index (χ1n) is 10.2. The van der Waals surface area contributed by atoms with Crippen LogP contribution < -0.4 is 5.32 Å². The number of aliphatic imine (C=N–C) groups is 1. The average molecular weight is 475 g/mol. The largest absolute Gasteiger partial charge is 0.351 e. The van der Waals surface area contributed by atoms with Crippen LogP contribution in [0.15, 0.2) is 58.1 Å². The van der Waals surface area contributed by atoms with E-state index in [1.807, 2.05) is 13.8 Å². The van der Waals surface area contributed by atoms with Crippen LogP contribution in [0.5, 0.6) is 0 Å². The van der Waals surface area contributed by atoms with Crippen LogP contribution in [0.3, 0.4) is 0 Å². The summed E-state index contributed by atoms with van der Waals surface area (Å²) in [5.74, 6) is -0.947. The Morgan fingerprint density at radius 2 is 1.94 bits per heavy atom. The number of nitrogens with zero attached hydrogens (tertiary/aromatic N) is 1. The second kappa shape index (κ2) is 15.0. The summed E-state index contributed by atoms with van der Waals surface area (Å²) >= 11 is 0. The van der Waals surface area contributed by atoms with Gasteiger partial charge in [0.15, 0.2) is 9.84 Å². The zero-order chi connectivity index (χ0) is 23.9. The van der Waals surface area contributed by atoms with Crippen molar-refractivity contribution in [3.05, 3.63) is 53.8 Å². The molecule has 0 aliphatic heterocycles. The molecule has 1 atom stereocenters. The van der Waals surface area contributed by atoms with E-state index in [2.05, 4.69) is 17.2 Å². The monoisotopic (exact) mass is 474 g/mol. The normalized spacial score (nSPS) is 12.7. The first-order chi connectivity index (χ1) is 14.6. The highest BCUT2D eigenvalue weighted by atomic mass is 32.2. The number of halogens is 2. The van der Waals surface area contributed by atoms with E-state index in [4.69, 9.17) is 0 Å². The van der Waals surface area contributed by atoms with Gasteiger partial charge in [-0.2, -0.15) is 8.78 Å². The molecule has 0 fully saturated rings. The summed E-state index contributed by atoms with van der Waals surface area (Å²) in [6.45, 7) is 8.32. The first kappa shape index (κ1) is 29.1. The highest BCUT2D eigenvalue weighted by Crippen LogP contribution is 2.35. The van der Waals surface area contributed by atoms with Crippen LogP contribution in [0.4, 0.5) is 8.78 Å². The molecule has 5 nitrogen and oxygen atoms in total. The van der Waals surface area contributed by atoms with Gasteiger partial charge in [-0.1, -0.05) is 67.1 Å². The van der Waals surface area contributed by atoms with Gasteiger partial charge in [-0.3, -0.25) is 9.79 Å². The lowest BCUT2D eigenvalue weighted by Gasteiger charge is -2.12. The van der Waals surface area contributed by atoms with Crippen LogP contribution in [-0.4, -0.2) is 32.8 Å². The van der Waals surface area contributed by atoms with E-state index >= 15 is 0 Å². The zero-order valence-electron chi connectivity index (χ0n) is 18.6. The lowest BCUT2D eigenvalue weighted by atomic mass is 10.2. The van der Waals surface area contributed by atoms with Gasteiger partial charge in [0.05, 0.1) is 22.6 Å². The number of carbonyl (C=O) groups is 1. The zero-order valence-corrected chi connectivity index (χ0v) is 20.5. The summed E-state index contributed by atoms with van der Waals surface area (Å²) < 4.78 is 52.3. The maximum Gasteiger partial charge on any atom is 0.283 e. The average Bonchev–Trinajstić information content (AvgIpc) is 2.74. The predicted octanol–water partition coefficient (Wildman–Crippen LogP) is 5.25. The smallest absolute Gasteiger partial charge is 0.283 e. The third-order valence-electron chi connectivity index (χ3n) is 3.82. The van der Waals surface area contributed by atoms with Crippen molar-refractivity contribution >= 4 is 31.2 Å². The highest BCUT2D eigenvalue weighted by Gasteiger charge is 2.26. The quantitative estimate of drug-likeness (QED) is 0.206. The van der Waals surface area contributed by atoms with Gasteiger partial charge in [-0.25, -0.2) is 8.42 Å². The third kappa shape index (κ3) is 11.9. The number of sulfone groups is 1. The van der Waals surface area contributed by atoms with Crippen LogP contribution in [0.1, 0.15) is 52.5 Å². The minimum absolute atomic E-state index is 0.120. The molecule has 0 heterocycles. The number of benzene rings is 1. The van der Waals surface area contributed by atoms with E-state index in [0.29, 0.717) is 6.54 Å². The van der Waals surface area contributed by atoms with Crippen molar-refractivity contribution in [2.75, 3.05) is 12.3 Å². The Morgan fingerprint density at radius 3 is 2.52 bits per heavy atom. The molecule has 1 aromatic carbocycles. The minimum Gasteiger partial charge on any atom is -0.351 e. The Balaban J connectivity index is 0.00000436. The van der Waals surface area contributed by atoms with Crippen LogP contribution in [0.25, 0.3) is 0 Å². The number of hydrogen-bond acceptors (Lipinski definition) is 4. The fourth-order valence-corrected chi connectivity index (χ4v) is 3.78. The van der Waals surface area contributed by atoms with Crippen molar-refractivity contribution in [2.24, 2.45) is 4.99 Å². The van der Waals surface area contributed by atoms with Crippen LogP contribution in [-0.2, 0) is 20.3 Å². The molecule has 0 spiro atoms. The molecule has 174 valence electrons. The van der Waals surface area contributed by atoms with Gasteiger partial charge in [0, 0.05) is 12.1 Å². The number of unbranched alkanes of at least 4 members (excludes halogenated alkanes) is 2. The van der Waals surface area contributed by atoms with E-state index in [1.165, 1.54) is 27.4 Å². The van der Waals surface area contributed by atoms with Crippen molar-refractivity contribution in [2.45, 2.75) is 57.5 Å². The Morgan fingerprint density at radius 1 is 1.26 bits per heavy atom. The summed E-state index contributed by atoms with van der Waals surface area (Å²) in [5.41, 5.74) is -3.53. The number of carbonyl (C=O) groups excluding carboxylic acids is 1. The number of nitrogens with one attached hydrogen (secondary N) is 1. The molecule has 1 unspecified atom stereocenters. The Hall–Kier alpha value is -1.92. The van der Waals surface area contributed by atoms with Crippen LogP contribution in [0.2, 0.25) is 0 Å². The summed E-state index contributed by atoms with van der Waals surface area (Å²) in [6, 6.07) is 4.62. The van der Waals surface area contributed by atoms with E-state index in [-0.39, 0.29) is 10.6 Å². The predicted molar refractivity (Wildman–Crippen MR) is 127 cm³/mol.